The number of nitrogens with one attached hydrogen (secondary N) is 1. The van der Waals surface area contributed by atoms with E-state index in [0.29, 0.717) is 12.5 Å². The molecule has 0 saturated heterocycles. The summed E-state index contributed by atoms with van der Waals surface area (Å²) >= 11 is 2.17. The summed E-state index contributed by atoms with van der Waals surface area (Å²) in [5, 5.41) is 6.92. The second kappa shape index (κ2) is 6.09. The van der Waals surface area contributed by atoms with Gasteiger partial charge in [0, 0.05) is 12.7 Å². The quantitative estimate of drug-likeness (QED) is 0.839. The molecule has 1 aromatic heterocycles. The molecular weight excluding hydrogens is 305 g/mol. The molecular formula is C10H16IN3O. The normalized spacial score (nSPS) is 10.7. The van der Waals surface area contributed by atoms with Crippen molar-refractivity contribution in [3.05, 3.63) is 16.0 Å². The van der Waals surface area contributed by atoms with Crippen molar-refractivity contribution in [2.45, 2.75) is 26.8 Å². The van der Waals surface area contributed by atoms with Gasteiger partial charge in [0.1, 0.15) is 6.54 Å². The molecule has 1 N–H and O–H groups in total. The summed E-state index contributed by atoms with van der Waals surface area (Å²) < 4.78 is 2.69. The average Bonchev–Trinajstić information content (AvgIpc) is 2.50. The van der Waals surface area contributed by atoms with Gasteiger partial charge < -0.3 is 5.32 Å². The lowest BCUT2D eigenvalue weighted by atomic mass is 10.1. The van der Waals surface area contributed by atoms with Crippen LogP contribution >= 0.6 is 22.6 Å². The number of carbonyl (C=O) groups excluding carboxylic acids is 1. The Kier molecular flexibility index (Phi) is 5.07. The average molecular weight is 321 g/mol. The van der Waals surface area contributed by atoms with E-state index in [1.165, 1.54) is 0 Å². The zero-order valence-corrected chi connectivity index (χ0v) is 11.2. The Morgan fingerprint density at radius 1 is 1.67 bits per heavy atom. The Morgan fingerprint density at radius 2 is 2.40 bits per heavy atom. The van der Waals surface area contributed by atoms with E-state index >= 15 is 0 Å². The minimum absolute atomic E-state index is 0.0233. The lowest BCUT2D eigenvalue weighted by Gasteiger charge is -2.06. The highest BCUT2D eigenvalue weighted by atomic mass is 127. The Balaban J connectivity index is 2.24. The largest absolute Gasteiger partial charge is 0.354 e. The monoisotopic (exact) mass is 321 g/mol. The molecule has 1 aromatic rings. The van der Waals surface area contributed by atoms with Crippen LogP contribution in [0.2, 0.25) is 0 Å². The van der Waals surface area contributed by atoms with Gasteiger partial charge >= 0.3 is 0 Å². The molecule has 0 aliphatic heterocycles. The van der Waals surface area contributed by atoms with E-state index in [4.69, 9.17) is 0 Å². The number of amides is 1. The molecule has 1 heterocycles. The third-order valence-corrected chi connectivity index (χ3v) is 2.51. The molecule has 0 atom stereocenters. The van der Waals surface area contributed by atoms with Crippen molar-refractivity contribution in [3.63, 3.8) is 0 Å². The van der Waals surface area contributed by atoms with Gasteiger partial charge in [-0.3, -0.25) is 9.48 Å². The molecule has 0 radical (unpaired) electrons. The van der Waals surface area contributed by atoms with Gasteiger partial charge in [-0.15, -0.1) is 0 Å². The molecule has 5 heteroatoms. The van der Waals surface area contributed by atoms with Gasteiger partial charge in [-0.2, -0.15) is 5.10 Å². The van der Waals surface area contributed by atoms with Crippen LogP contribution in [0.15, 0.2) is 12.4 Å². The first-order valence-corrected chi connectivity index (χ1v) is 6.10. The fraction of sp³-hybridized carbons (Fsp3) is 0.600. The summed E-state index contributed by atoms with van der Waals surface area (Å²) in [5.41, 5.74) is 0. The van der Waals surface area contributed by atoms with Crippen LogP contribution < -0.4 is 5.32 Å². The van der Waals surface area contributed by atoms with Gasteiger partial charge in [-0.1, -0.05) is 13.8 Å². The molecule has 84 valence electrons. The number of hydrogen-bond acceptors (Lipinski definition) is 2. The zero-order valence-electron chi connectivity index (χ0n) is 9.03. The molecule has 0 aliphatic carbocycles. The lowest BCUT2D eigenvalue weighted by Crippen LogP contribution is -2.29. The van der Waals surface area contributed by atoms with Crippen LogP contribution in [0.3, 0.4) is 0 Å². The standard InChI is InChI=1S/C10H16IN3O/c1-8(2)3-4-12-10(15)7-14-6-9(11)5-13-14/h5-6,8H,3-4,7H2,1-2H3,(H,12,15). The fourth-order valence-corrected chi connectivity index (χ4v) is 1.57. The molecule has 15 heavy (non-hydrogen) atoms. The van der Waals surface area contributed by atoms with Gasteiger partial charge in [-0.05, 0) is 34.9 Å². The first-order valence-electron chi connectivity index (χ1n) is 5.02. The van der Waals surface area contributed by atoms with Crippen LogP contribution in [0.4, 0.5) is 0 Å². The highest BCUT2D eigenvalue weighted by Crippen LogP contribution is 2.00. The van der Waals surface area contributed by atoms with Crippen LogP contribution in [0.25, 0.3) is 0 Å². The Hall–Kier alpha value is -0.590. The molecule has 0 fully saturated rings. The molecule has 0 spiro atoms. The summed E-state index contributed by atoms with van der Waals surface area (Å²) in [4.78, 5) is 11.4. The van der Waals surface area contributed by atoms with E-state index in [-0.39, 0.29) is 5.91 Å². The molecule has 0 unspecified atom stereocenters. The summed E-state index contributed by atoms with van der Waals surface area (Å²) in [6.45, 7) is 5.33. The zero-order chi connectivity index (χ0) is 11.3. The second-order valence-electron chi connectivity index (χ2n) is 3.89. The van der Waals surface area contributed by atoms with Crippen LogP contribution in [-0.4, -0.2) is 22.2 Å². The maximum Gasteiger partial charge on any atom is 0.241 e. The number of nitrogens with zero attached hydrogens (tertiary/aromatic N) is 2. The SMILES string of the molecule is CC(C)CCNC(=O)Cn1cc(I)cn1. The van der Waals surface area contributed by atoms with Crippen molar-refractivity contribution < 1.29 is 4.79 Å². The van der Waals surface area contributed by atoms with Crippen molar-refractivity contribution >= 4 is 28.5 Å². The van der Waals surface area contributed by atoms with Crippen molar-refractivity contribution in [2.75, 3.05) is 6.54 Å². The smallest absolute Gasteiger partial charge is 0.241 e. The van der Waals surface area contributed by atoms with Crippen molar-refractivity contribution in [3.8, 4) is 0 Å². The number of halogens is 1. The topological polar surface area (TPSA) is 46.9 Å². The van der Waals surface area contributed by atoms with Gasteiger partial charge in [0.15, 0.2) is 0 Å². The number of aromatic nitrogens is 2. The summed E-state index contributed by atoms with van der Waals surface area (Å²) in [7, 11) is 0. The maximum atomic E-state index is 11.4. The van der Waals surface area contributed by atoms with Crippen molar-refractivity contribution in [1.82, 2.24) is 15.1 Å². The highest BCUT2D eigenvalue weighted by Gasteiger charge is 2.03. The maximum absolute atomic E-state index is 11.4. The minimum Gasteiger partial charge on any atom is -0.354 e. The number of carbonyl (C=O) groups is 1. The highest BCUT2D eigenvalue weighted by molar-refractivity contribution is 14.1. The predicted molar refractivity (Wildman–Crippen MR) is 67.4 cm³/mol. The van der Waals surface area contributed by atoms with Crippen LogP contribution in [0.5, 0.6) is 0 Å². The van der Waals surface area contributed by atoms with E-state index in [1.807, 2.05) is 6.20 Å². The van der Waals surface area contributed by atoms with Crippen molar-refractivity contribution in [2.24, 2.45) is 5.92 Å². The summed E-state index contributed by atoms with van der Waals surface area (Å²) in [6.07, 6.45) is 4.60. The summed E-state index contributed by atoms with van der Waals surface area (Å²) in [6, 6.07) is 0. The van der Waals surface area contributed by atoms with Crippen molar-refractivity contribution in [1.29, 1.82) is 0 Å². The molecule has 0 aliphatic rings. The molecule has 0 bridgehead atoms. The minimum atomic E-state index is 0.0233. The lowest BCUT2D eigenvalue weighted by molar-refractivity contribution is -0.121. The van der Waals surface area contributed by atoms with Gasteiger partial charge in [-0.25, -0.2) is 0 Å². The molecule has 1 rings (SSSR count). The molecule has 4 nitrogen and oxygen atoms in total. The van der Waals surface area contributed by atoms with E-state index < -0.39 is 0 Å². The van der Waals surface area contributed by atoms with E-state index in [0.717, 1.165) is 16.5 Å². The molecule has 1 amide bonds. The van der Waals surface area contributed by atoms with E-state index in [9.17, 15) is 4.79 Å². The first kappa shape index (κ1) is 12.5. The van der Waals surface area contributed by atoms with Crippen LogP contribution in [-0.2, 0) is 11.3 Å². The number of rotatable bonds is 5. The van der Waals surface area contributed by atoms with E-state index in [1.54, 1.807) is 10.9 Å². The third kappa shape index (κ3) is 5.15. The third-order valence-electron chi connectivity index (χ3n) is 1.95. The van der Waals surface area contributed by atoms with Crippen LogP contribution in [0, 0.1) is 9.49 Å². The van der Waals surface area contributed by atoms with Gasteiger partial charge in [0.2, 0.25) is 5.91 Å². The fourth-order valence-electron chi connectivity index (χ4n) is 1.13. The Bertz CT molecular complexity index is 322. The number of hydrogen-bond donors (Lipinski definition) is 1. The Labute approximate surface area is 104 Å². The predicted octanol–water partition coefficient (Wildman–Crippen LogP) is 1.65. The first-order chi connectivity index (χ1) is 7.08. The van der Waals surface area contributed by atoms with Gasteiger partial charge in [0.05, 0.1) is 9.77 Å². The second-order valence-corrected chi connectivity index (χ2v) is 5.13. The Morgan fingerprint density at radius 3 is 2.93 bits per heavy atom. The van der Waals surface area contributed by atoms with Crippen LogP contribution in [0.1, 0.15) is 20.3 Å². The van der Waals surface area contributed by atoms with Gasteiger partial charge in [0.25, 0.3) is 0 Å². The molecule has 0 saturated carbocycles. The van der Waals surface area contributed by atoms with E-state index in [2.05, 4.69) is 46.9 Å². The summed E-state index contributed by atoms with van der Waals surface area (Å²) in [5.74, 6) is 0.645. The molecule has 0 aromatic carbocycles.